The molecule has 0 bridgehead atoms. The first kappa shape index (κ1) is 18.0. The van der Waals surface area contributed by atoms with Gasteiger partial charge in [-0.3, -0.25) is 0 Å². The molecule has 0 radical (unpaired) electrons. The molecule has 1 unspecified atom stereocenters. The van der Waals surface area contributed by atoms with Crippen LogP contribution >= 0.6 is 23.4 Å². The van der Waals surface area contributed by atoms with Crippen molar-refractivity contribution >= 4 is 23.4 Å². The second kappa shape index (κ2) is 9.07. The zero-order valence-corrected chi connectivity index (χ0v) is 13.5. The average Bonchev–Trinajstić information content (AvgIpc) is 2.41. The molecule has 2 heterocycles. The lowest BCUT2D eigenvalue weighted by atomic mass is 10.1. The van der Waals surface area contributed by atoms with Gasteiger partial charge in [-0.25, -0.2) is 4.98 Å². The molecule has 0 amide bonds. The molecule has 0 aliphatic carbocycles. The van der Waals surface area contributed by atoms with E-state index in [4.69, 9.17) is 16.7 Å². The van der Waals surface area contributed by atoms with Crippen molar-refractivity contribution in [2.45, 2.75) is 29.2 Å². The summed E-state index contributed by atoms with van der Waals surface area (Å²) in [4.78, 5) is 5.67. The fourth-order valence-electron chi connectivity index (χ4n) is 2.35. The van der Waals surface area contributed by atoms with Crippen molar-refractivity contribution in [3.8, 4) is 0 Å². The number of nitrogens with one attached hydrogen (secondary N) is 1. The van der Waals surface area contributed by atoms with E-state index in [1.807, 2.05) is 12.1 Å². The van der Waals surface area contributed by atoms with E-state index in [0.717, 1.165) is 31.0 Å². The number of quaternary nitrogens is 1. The molecule has 0 spiro atoms. The van der Waals surface area contributed by atoms with Gasteiger partial charge >= 0.3 is 0 Å². The van der Waals surface area contributed by atoms with Crippen LogP contribution in [0.4, 0.5) is 0 Å². The molecular weight excluding hydrogens is 319 g/mol. The SMILES string of the molecule is OCC(O)C[NH+]1CCC(Sc2cccc(Cl)n2)CC1.[Cl-]. The molecule has 1 atom stereocenters. The van der Waals surface area contributed by atoms with E-state index in [-0.39, 0.29) is 19.0 Å². The van der Waals surface area contributed by atoms with E-state index in [1.165, 1.54) is 4.90 Å². The van der Waals surface area contributed by atoms with Gasteiger partial charge in [0.05, 0.1) is 24.7 Å². The zero-order valence-electron chi connectivity index (χ0n) is 11.1. The van der Waals surface area contributed by atoms with Gasteiger partial charge in [0.15, 0.2) is 0 Å². The summed E-state index contributed by atoms with van der Waals surface area (Å²) < 4.78 is 0. The highest BCUT2D eigenvalue weighted by Gasteiger charge is 2.24. The third-order valence-corrected chi connectivity index (χ3v) is 4.84. The first-order valence-corrected chi connectivity index (χ1v) is 7.85. The van der Waals surface area contributed by atoms with Crippen molar-refractivity contribution in [1.82, 2.24) is 4.98 Å². The topological polar surface area (TPSA) is 57.8 Å². The number of aromatic nitrogens is 1. The Hall–Kier alpha value is -0.0400. The van der Waals surface area contributed by atoms with Crippen LogP contribution in [0.5, 0.6) is 0 Å². The van der Waals surface area contributed by atoms with E-state index < -0.39 is 6.10 Å². The number of hydrogen-bond acceptors (Lipinski definition) is 4. The average molecular weight is 339 g/mol. The smallest absolute Gasteiger partial charge is 0.130 e. The number of rotatable bonds is 5. The number of thioether (sulfide) groups is 1. The van der Waals surface area contributed by atoms with Crippen molar-refractivity contribution < 1.29 is 27.5 Å². The van der Waals surface area contributed by atoms with Gasteiger partial charge in [0.25, 0.3) is 0 Å². The third kappa shape index (κ3) is 5.76. The van der Waals surface area contributed by atoms with Crippen LogP contribution in [0.3, 0.4) is 0 Å². The standard InChI is InChI=1S/C13H19ClN2O2S.ClH/c14-12-2-1-3-13(15-12)19-11-4-6-16(7-5-11)8-10(18)9-17;/h1-3,10-11,17-18H,4-9H2;1H. The predicted octanol–water partition coefficient (Wildman–Crippen LogP) is -2.77. The fourth-order valence-corrected chi connectivity index (χ4v) is 3.68. The number of nitrogens with zero attached hydrogens (tertiary/aromatic N) is 1. The monoisotopic (exact) mass is 338 g/mol. The third-order valence-electron chi connectivity index (χ3n) is 3.35. The summed E-state index contributed by atoms with van der Waals surface area (Å²) >= 11 is 7.66. The molecule has 20 heavy (non-hydrogen) atoms. The first-order valence-electron chi connectivity index (χ1n) is 6.59. The van der Waals surface area contributed by atoms with E-state index in [9.17, 15) is 5.11 Å². The van der Waals surface area contributed by atoms with Gasteiger partial charge in [-0.2, -0.15) is 0 Å². The van der Waals surface area contributed by atoms with Crippen LogP contribution < -0.4 is 17.3 Å². The first-order chi connectivity index (χ1) is 9.17. The molecule has 0 aromatic carbocycles. The maximum atomic E-state index is 9.44. The van der Waals surface area contributed by atoms with Gasteiger partial charge in [-0.05, 0) is 12.1 Å². The molecule has 114 valence electrons. The minimum atomic E-state index is -0.589. The van der Waals surface area contributed by atoms with Gasteiger partial charge in [0.2, 0.25) is 0 Å². The molecule has 1 aliphatic heterocycles. The van der Waals surface area contributed by atoms with Gasteiger partial charge in [0.1, 0.15) is 17.8 Å². The number of halogens is 2. The molecule has 1 aliphatic rings. The summed E-state index contributed by atoms with van der Waals surface area (Å²) in [5.74, 6) is 0. The highest BCUT2D eigenvalue weighted by atomic mass is 35.5. The maximum absolute atomic E-state index is 9.44. The van der Waals surface area contributed by atoms with Gasteiger partial charge in [-0.1, -0.05) is 17.7 Å². The normalized spacial score (nSPS) is 23.9. The number of aliphatic hydroxyl groups is 2. The quantitative estimate of drug-likeness (QED) is 0.509. The lowest BCUT2D eigenvalue weighted by molar-refractivity contribution is -0.907. The van der Waals surface area contributed by atoms with E-state index in [2.05, 4.69) is 4.98 Å². The lowest BCUT2D eigenvalue weighted by Crippen LogP contribution is -3.14. The fraction of sp³-hybridized carbons (Fsp3) is 0.615. The molecule has 2 rings (SSSR count). The van der Waals surface area contributed by atoms with Crippen molar-refractivity contribution in [3.05, 3.63) is 23.4 Å². The van der Waals surface area contributed by atoms with E-state index in [0.29, 0.717) is 16.9 Å². The predicted molar refractivity (Wildman–Crippen MR) is 76.8 cm³/mol. The lowest BCUT2D eigenvalue weighted by Gasteiger charge is -2.29. The molecular formula is C13H20Cl2N2O2S. The Morgan fingerprint density at radius 3 is 2.70 bits per heavy atom. The van der Waals surface area contributed by atoms with Gasteiger partial charge in [-0.15, -0.1) is 11.8 Å². The van der Waals surface area contributed by atoms with Crippen LogP contribution in [-0.4, -0.2) is 52.8 Å². The molecule has 1 aromatic heterocycles. The summed E-state index contributed by atoms with van der Waals surface area (Å²) in [7, 11) is 0. The highest BCUT2D eigenvalue weighted by Crippen LogP contribution is 2.27. The molecule has 3 N–H and O–H groups in total. The Bertz CT molecular complexity index is 404. The summed E-state index contributed by atoms with van der Waals surface area (Å²) in [6.07, 6.45) is 1.62. The molecule has 4 nitrogen and oxygen atoms in total. The van der Waals surface area contributed by atoms with Crippen LogP contribution in [0, 0.1) is 0 Å². The number of likely N-dealkylation sites (tertiary alicyclic amines) is 1. The van der Waals surface area contributed by atoms with Gasteiger partial charge < -0.3 is 27.5 Å². The highest BCUT2D eigenvalue weighted by molar-refractivity contribution is 7.99. The number of pyridine rings is 1. The van der Waals surface area contributed by atoms with Crippen LogP contribution in [-0.2, 0) is 0 Å². The van der Waals surface area contributed by atoms with Crippen molar-refractivity contribution in [3.63, 3.8) is 0 Å². The summed E-state index contributed by atoms with van der Waals surface area (Å²) in [5, 5.41) is 20.4. The van der Waals surface area contributed by atoms with Crippen LogP contribution in [0.1, 0.15) is 12.8 Å². The Balaban J connectivity index is 0.00000200. The maximum Gasteiger partial charge on any atom is 0.130 e. The van der Waals surface area contributed by atoms with Crippen molar-refractivity contribution in [2.24, 2.45) is 0 Å². The Morgan fingerprint density at radius 2 is 2.10 bits per heavy atom. The number of aliphatic hydroxyl groups excluding tert-OH is 2. The second-order valence-corrected chi connectivity index (χ2v) is 6.61. The largest absolute Gasteiger partial charge is 1.00 e. The second-order valence-electron chi connectivity index (χ2n) is 4.91. The zero-order chi connectivity index (χ0) is 13.7. The van der Waals surface area contributed by atoms with Crippen molar-refractivity contribution in [2.75, 3.05) is 26.2 Å². The Labute approximate surface area is 134 Å². The Kier molecular flexibility index (Phi) is 8.17. The van der Waals surface area contributed by atoms with Crippen LogP contribution in [0.2, 0.25) is 5.15 Å². The van der Waals surface area contributed by atoms with Crippen LogP contribution in [0.15, 0.2) is 23.2 Å². The van der Waals surface area contributed by atoms with E-state index >= 15 is 0 Å². The van der Waals surface area contributed by atoms with Gasteiger partial charge in [0, 0.05) is 18.1 Å². The minimum absolute atomic E-state index is 0. The summed E-state index contributed by atoms with van der Waals surface area (Å²) in [5.41, 5.74) is 0. The van der Waals surface area contributed by atoms with Crippen molar-refractivity contribution in [1.29, 1.82) is 0 Å². The summed E-state index contributed by atoms with van der Waals surface area (Å²) in [6.45, 7) is 2.57. The van der Waals surface area contributed by atoms with E-state index in [1.54, 1.807) is 17.8 Å². The molecule has 0 saturated carbocycles. The summed E-state index contributed by atoms with van der Waals surface area (Å²) in [6, 6.07) is 5.70. The molecule has 7 heteroatoms. The molecule has 1 saturated heterocycles. The minimum Gasteiger partial charge on any atom is -1.00 e. The molecule has 1 aromatic rings. The molecule has 1 fully saturated rings. The number of hydrogen-bond donors (Lipinski definition) is 3. The number of piperidine rings is 1. The Morgan fingerprint density at radius 1 is 1.40 bits per heavy atom. The van der Waals surface area contributed by atoms with Crippen LogP contribution in [0.25, 0.3) is 0 Å².